The Morgan fingerprint density at radius 1 is 0.750 bits per heavy atom. The Hall–Kier alpha value is -2.86. The first-order valence-corrected chi connectivity index (χ1v) is 8.38. The van der Waals surface area contributed by atoms with Gasteiger partial charge in [0.05, 0.1) is 5.41 Å². The minimum absolute atomic E-state index is 0.287. The molecule has 0 amide bonds. The number of fused-ring (bicyclic) bond motifs is 3. The van der Waals surface area contributed by atoms with E-state index in [0.717, 1.165) is 0 Å². The van der Waals surface area contributed by atoms with Crippen LogP contribution in [0.2, 0.25) is 0 Å². The van der Waals surface area contributed by atoms with Crippen molar-refractivity contribution in [1.29, 1.82) is 0 Å². The Balaban J connectivity index is 2.21. The number of hydrogen-bond acceptors (Lipinski definition) is 0. The summed E-state index contributed by atoms with van der Waals surface area (Å²) in [5, 5.41) is 0. The Bertz CT molecular complexity index is 884. The van der Waals surface area contributed by atoms with Gasteiger partial charge in [-0.05, 0) is 40.3 Å². The minimum Gasteiger partial charge on any atom is -0.0987 e. The lowest BCUT2D eigenvalue weighted by molar-refractivity contribution is 0.765. The maximum Gasteiger partial charge on any atom is 0.0710 e. The zero-order chi connectivity index (χ0) is 16.6. The van der Waals surface area contributed by atoms with Gasteiger partial charge in [0.2, 0.25) is 0 Å². The van der Waals surface area contributed by atoms with Gasteiger partial charge in [-0.3, -0.25) is 0 Å². The average Bonchev–Trinajstić information content (AvgIpc) is 2.96. The molecule has 3 aromatic rings. The van der Waals surface area contributed by atoms with Crippen molar-refractivity contribution in [2.45, 2.75) is 12.3 Å². The largest absolute Gasteiger partial charge is 0.0987 e. The molecule has 1 aliphatic carbocycles. The van der Waals surface area contributed by atoms with Crippen LogP contribution < -0.4 is 0 Å². The molecule has 0 nitrogen and oxygen atoms in total. The lowest BCUT2D eigenvalue weighted by Gasteiger charge is -2.34. The molecule has 24 heavy (non-hydrogen) atoms. The van der Waals surface area contributed by atoms with Gasteiger partial charge in [0.15, 0.2) is 0 Å². The van der Waals surface area contributed by atoms with E-state index < -0.39 is 0 Å². The van der Waals surface area contributed by atoms with Crippen molar-refractivity contribution in [2.24, 2.45) is 0 Å². The van der Waals surface area contributed by atoms with E-state index in [-0.39, 0.29) is 5.41 Å². The van der Waals surface area contributed by atoms with E-state index in [4.69, 9.17) is 0 Å². The molecular weight excluding hydrogens is 288 g/mol. The topological polar surface area (TPSA) is 0 Å². The van der Waals surface area contributed by atoms with E-state index in [1.807, 2.05) is 6.08 Å². The van der Waals surface area contributed by atoms with Crippen molar-refractivity contribution in [1.82, 2.24) is 0 Å². The second-order valence-corrected chi connectivity index (χ2v) is 6.16. The molecule has 0 saturated heterocycles. The lowest BCUT2D eigenvalue weighted by Crippen LogP contribution is -2.28. The van der Waals surface area contributed by atoms with E-state index in [0.29, 0.717) is 0 Å². The number of rotatable bonds is 3. The van der Waals surface area contributed by atoms with Crippen molar-refractivity contribution in [2.75, 3.05) is 0 Å². The van der Waals surface area contributed by atoms with Gasteiger partial charge < -0.3 is 0 Å². The SMILES string of the molecule is C=C/C(=C\C)C1(c2ccccc2)c2ccccc2-c2ccccc21. The fourth-order valence-corrected chi connectivity index (χ4v) is 4.20. The maximum absolute atomic E-state index is 4.12. The predicted molar refractivity (Wildman–Crippen MR) is 102 cm³/mol. The minimum atomic E-state index is -0.287. The first-order chi connectivity index (χ1) is 11.8. The molecule has 0 unspecified atom stereocenters. The molecule has 0 bridgehead atoms. The molecule has 0 saturated carbocycles. The van der Waals surface area contributed by atoms with Gasteiger partial charge in [0.25, 0.3) is 0 Å². The molecule has 0 aromatic heterocycles. The summed E-state index contributed by atoms with van der Waals surface area (Å²) in [5.74, 6) is 0. The van der Waals surface area contributed by atoms with Gasteiger partial charge in [-0.15, -0.1) is 0 Å². The molecule has 0 N–H and O–H groups in total. The van der Waals surface area contributed by atoms with Crippen LogP contribution in [0.4, 0.5) is 0 Å². The molecule has 4 rings (SSSR count). The molecule has 3 aromatic carbocycles. The van der Waals surface area contributed by atoms with E-state index in [9.17, 15) is 0 Å². The molecule has 0 radical (unpaired) electrons. The fraction of sp³-hybridized carbons (Fsp3) is 0.0833. The first kappa shape index (κ1) is 14.7. The fourth-order valence-electron chi connectivity index (χ4n) is 4.20. The van der Waals surface area contributed by atoms with Crippen LogP contribution in [-0.2, 0) is 5.41 Å². The summed E-state index contributed by atoms with van der Waals surface area (Å²) in [6.07, 6.45) is 4.20. The zero-order valence-electron chi connectivity index (χ0n) is 13.9. The quantitative estimate of drug-likeness (QED) is 0.510. The van der Waals surface area contributed by atoms with Crippen LogP contribution in [0.25, 0.3) is 11.1 Å². The summed E-state index contributed by atoms with van der Waals surface area (Å²) >= 11 is 0. The molecule has 0 aliphatic heterocycles. The number of hydrogen-bond donors (Lipinski definition) is 0. The Labute approximate surface area is 143 Å². The van der Waals surface area contributed by atoms with Gasteiger partial charge in [-0.2, -0.15) is 0 Å². The molecule has 0 heterocycles. The summed E-state index contributed by atoms with van der Waals surface area (Å²) in [7, 11) is 0. The zero-order valence-corrected chi connectivity index (χ0v) is 13.9. The third kappa shape index (κ3) is 1.80. The van der Waals surface area contributed by atoms with Crippen molar-refractivity contribution < 1.29 is 0 Å². The third-order valence-electron chi connectivity index (χ3n) is 5.12. The van der Waals surface area contributed by atoms with E-state index in [2.05, 4.69) is 98.4 Å². The molecular formula is C24H20. The lowest BCUT2D eigenvalue weighted by atomic mass is 9.67. The van der Waals surface area contributed by atoms with Crippen LogP contribution in [0.15, 0.2) is 103 Å². The average molecular weight is 308 g/mol. The summed E-state index contributed by atoms with van der Waals surface area (Å²) in [4.78, 5) is 0. The Morgan fingerprint density at radius 3 is 1.75 bits per heavy atom. The Kier molecular flexibility index (Phi) is 3.46. The monoisotopic (exact) mass is 308 g/mol. The smallest absolute Gasteiger partial charge is 0.0710 e. The standard InChI is InChI=1S/C24H20/c1-3-18(4-2)24(19-12-6-5-7-13-19)22-16-10-8-14-20(22)21-15-9-11-17-23(21)24/h3-17H,1H2,2H3/b18-4+. The molecule has 116 valence electrons. The first-order valence-electron chi connectivity index (χ1n) is 8.38. The highest BCUT2D eigenvalue weighted by molar-refractivity contribution is 5.86. The summed E-state index contributed by atoms with van der Waals surface area (Å²) < 4.78 is 0. The molecule has 1 aliphatic rings. The van der Waals surface area contributed by atoms with Gasteiger partial charge in [0, 0.05) is 0 Å². The third-order valence-corrected chi connectivity index (χ3v) is 5.12. The van der Waals surface area contributed by atoms with Gasteiger partial charge in [-0.1, -0.05) is 97.6 Å². The van der Waals surface area contributed by atoms with Crippen LogP contribution in [0.1, 0.15) is 23.6 Å². The van der Waals surface area contributed by atoms with E-state index >= 15 is 0 Å². The predicted octanol–water partition coefficient (Wildman–Crippen LogP) is 6.13. The highest BCUT2D eigenvalue weighted by Crippen LogP contribution is 2.56. The highest BCUT2D eigenvalue weighted by Gasteiger charge is 2.45. The van der Waals surface area contributed by atoms with E-state index in [1.165, 1.54) is 33.4 Å². The van der Waals surface area contributed by atoms with Crippen LogP contribution in [-0.4, -0.2) is 0 Å². The van der Waals surface area contributed by atoms with Crippen molar-refractivity contribution in [3.8, 4) is 11.1 Å². The van der Waals surface area contributed by atoms with Gasteiger partial charge >= 0.3 is 0 Å². The van der Waals surface area contributed by atoms with Gasteiger partial charge in [0.1, 0.15) is 0 Å². The van der Waals surface area contributed by atoms with Crippen LogP contribution in [0.3, 0.4) is 0 Å². The summed E-state index contributed by atoms with van der Waals surface area (Å²) in [5.41, 5.74) is 7.54. The summed E-state index contributed by atoms with van der Waals surface area (Å²) in [6.45, 7) is 6.23. The van der Waals surface area contributed by atoms with Crippen LogP contribution >= 0.6 is 0 Å². The second-order valence-electron chi connectivity index (χ2n) is 6.16. The molecule has 0 spiro atoms. The van der Waals surface area contributed by atoms with Crippen molar-refractivity contribution >= 4 is 0 Å². The number of allylic oxidation sites excluding steroid dienone is 3. The highest BCUT2D eigenvalue weighted by atomic mass is 14.5. The van der Waals surface area contributed by atoms with Crippen molar-refractivity contribution in [3.05, 3.63) is 120 Å². The van der Waals surface area contributed by atoms with Crippen LogP contribution in [0.5, 0.6) is 0 Å². The molecule has 0 atom stereocenters. The Morgan fingerprint density at radius 2 is 1.25 bits per heavy atom. The second kappa shape index (κ2) is 5.65. The number of benzene rings is 3. The van der Waals surface area contributed by atoms with E-state index in [1.54, 1.807) is 0 Å². The summed E-state index contributed by atoms with van der Waals surface area (Å²) in [6, 6.07) is 28.3. The maximum atomic E-state index is 4.12. The van der Waals surface area contributed by atoms with Crippen molar-refractivity contribution in [3.63, 3.8) is 0 Å². The normalized spacial score (nSPS) is 14.8. The van der Waals surface area contributed by atoms with Crippen LogP contribution in [0, 0.1) is 0 Å². The van der Waals surface area contributed by atoms with Gasteiger partial charge in [-0.25, -0.2) is 0 Å². The molecule has 0 heteroatoms. The molecule has 0 fully saturated rings.